The van der Waals surface area contributed by atoms with Crippen LogP contribution in [-0.4, -0.2) is 30.4 Å². The number of carbonyl (C=O) groups excluding carboxylic acids is 3. The first-order valence-corrected chi connectivity index (χ1v) is 12.0. The lowest BCUT2D eigenvalue weighted by atomic mass is 10.2. The summed E-state index contributed by atoms with van der Waals surface area (Å²) in [4.78, 5) is 42.8. The van der Waals surface area contributed by atoms with E-state index < -0.39 is 12.1 Å². The maximum atomic E-state index is 14.0. The Kier molecular flexibility index (Phi) is 9.45. The molecule has 2 aromatic rings. The number of carbonyl (C=O) groups is 3. The van der Waals surface area contributed by atoms with E-state index in [1.165, 1.54) is 37.4 Å². The maximum Gasteiger partial charge on any atom is 0.343 e. The van der Waals surface area contributed by atoms with E-state index in [0.29, 0.717) is 33.7 Å². The molecular formula is C29H24N6O6. The fraction of sp³-hybridized carbons (Fsp3) is 0.172. The number of rotatable bonds is 7. The third kappa shape index (κ3) is 6.51. The van der Waals surface area contributed by atoms with E-state index in [-0.39, 0.29) is 35.0 Å². The molecule has 0 atom stereocenters. The number of allylic oxidation sites excluding steroid dienone is 4. The number of benzene rings is 2. The van der Waals surface area contributed by atoms with Gasteiger partial charge in [0.15, 0.2) is 0 Å². The molecule has 0 bridgehead atoms. The van der Waals surface area contributed by atoms with Gasteiger partial charge in [-0.25, -0.2) is 19.4 Å². The molecule has 5 amide bonds. The molecule has 1 aliphatic rings. The van der Waals surface area contributed by atoms with E-state index in [1.807, 2.05) is 0 Å². The molecule has 0 spiro atoms. The number of anilines is 2. The standard InChI is InChI=1S/C29H24N6O6/c1-19-6-5-7-22(12-25(19)39-15-30)33(4)28(37)35(24-11-9-21(3)27(14-24)41-17-32)29(38)34(18-36)23-10-8-20(2)26(13-23)40-16-31/h6-14,18H,5H2,1-4H3. The smallest absolute Gasteiger partial charge is 0.343 e. The minimum atomic E-state index is -1.07. The van der Waals surface area contributed by atoms with Gasteiger partial charge in [0, 0.05) is 31.0 Å². The minimum absolute atomic E-state index is 0.00355. The summed E-state index contributed by atoms with van der Waals surface area (Å²) in [5.41, 5.74) is 2.14. The molecule has 206 valence electrons. The molecule has 12 nitrogen and oxygen atoms in total. The Bertz CT molecular complexity index is 1600. The Morgan fingerprint density at radius 2 is 1.39 bits per heavy atom. The van der Waals surface area contributed by atoms with Crippen LogP contribution in [0.1, 0.15) is 24.5 Å². The Labute approximate surface area is 236 Å². The number of nitrogens with zero attached hydrogens (tertiary/aromatic N) is 6. The van der Waals surface area contributed by atoms with E-state index in [4.69, 9.17) is 30.0 Å². The van der Waals surface area contributed by atoms with Crippen LogP contribution in [0.25, 0.3) is 0 Å². The molecule has 1 aliphatic carbocycles. The normalized spacial score (nSPS) is 12.0. The van der Waals surface area contributed by atoms with Crippen LogP contribution in [0.5, 0.6) is 11.5 Å². The third-order valence-corrected chi connectivity index (χ3v) is 6.13. The molecule has 0 aliphatic heterocycles. The molecule has 3 rings (SSSR count). The highest BCUT2D eigenvalue weighted by molar-refractivity contribution is 6.24. The zero-order chi connectivity index (χ0) is 30.1. The van der Waals surface area contributed by atoms with Crippen LogP contribution in [-0.2, 0) is 9.53 Å². The number of urea groups is 2. The molecular weight excluding hydrogens is 528 g/mol. The van der Waals surface area contributed by atoms with E-state index in [0.717, 1.165) is 9.80 Å². The Hall–Kier alpha value is -6.06. The lowest BCUT2D eigenvalue weighted by Gasteiger charge is -2.30. The van der Waals surface area contributed by atoms with Crippen molar-refractivity contribution in [3.05, 3.63) is 82.8 Å². The van der Waals surface area contributed by atoms with Crippen LogP contribution >= 0.6 is 0 Å². The van der Waals surface area contributed by atoms with E-state index in [2.05, 4.69) is 0 Å². The van der Waals surface area contributed by atoms with Crippen LogP contribution in [0.2, 0.25) is 0 Å². The number of likely N-dealkylation sites (N-methyl/N-ethyl adjacent to an activating group) is 1. The van der Waals surface area contributed by atoms with Crippen molar-refractivity contribution >= 4 is 29.8 Å². The number of ether oxygens (including phenoxy) is 3. The molecule has 2 aromatic carbocycles. The van der Waals surface area contributed by atoms with Crippen LogP contribution in [0.4, 0.5) is 21.0 Å². The van der Waals surface area contributed by atoms with Gasteiger partial charge in [0.2, 0.25) is 6.41 Å². The number of nitriles is 3. The van der Waals surface area contributed by atoms with Crippen molar-refractivity contribution in [3.8, 4) is 30.3 Å². The van der Waals surface area contributed by atoms with Gasteiger partial charge in [0.05, 0.1) is 11.4 Å². The fourth-order valence-corrected chi connectivity index (χ4v) is 3.83. The van der Waals surface area contributed by atoms with Crippen molar-refractivity contribution in [1.82, 2.24) is 4.90 Å². The molecule has 0 heterocycles. The number of aryl methyl sites for hydroxylation is 2. The molecule has 0 aromatic heterocycles. The lowest BCUT2D eigenvalue weighted by Crippen LogP contribution is -2.50. The average Bonchev–Trinajstić information content (AvgIpc) is 3.13. The summed E-state index contributed by atoms with van der Waals surface area (Å²) < 4.78 is 15.0. The molecule has 0 unspecified atom stereocenters. The number of hydrogen-bond donors (Lipinski definition) is 0. The SMILES string of the molecule is CC1=CCC=C(N(C)C(=O)N(C(=O)N(C=O)c2ccc(C)c(OC#N)c2)c2ccc(C)c(OC#N)c2)C=C1OC#N. The summed E-state index contributed by atoms with van der Waals surface area (Å²) in [5, 5.41) is 27.1. The van der Waals surface area contributed by atoms with Crippen LogP contribution < -0.4 is 19.3 Å². The Morgan fingerprint density at radius 3 is 1.95 bits per heavy atom. The van der Waals surface area contributed by atoms with Gasteiger partial charge in [-0.05, 0) is 56.0 Å². The van der Waals surface area contributed by atoms with Crippen molar-refractivity contribution < 1.29 is 28.6 Å². The first kappa shape index (κ1) is 29.5. The van der Waals surface area contributed by atoms with Crippen LogP contribution in [0.15, 0.2) is 71.7 Å². The fourth-order valence-electron chi connectivity index (χ4n) is 3.83. The van der Waals surface area contributed by atoms with Gasteiger partial charge in [-0.3, -0.25) is 9.69 Å². The van der Waals surface area contributed by atoms with Gasteiger partial charge in [-0.15, -0.1) is 15.8 Å². The highest BCUT2D eigenvalue weighted by atomic mass is 16.5. The highest BCUT2D eigenvalue weighted by Crippen LogP contribution is 2.31. The van der Waals surface area contributed by atoms with E-state index in [9.17, 15) is 14.4 Å². The molecule has 0 radical (unpaired) electrons. The van der Waals surface area contributed by atoms with Gasteiger partial charge < -0.3 is 14.2 Å². The summed E-state index contributed by atoms with van der Waals surface area (Å²) >= 11 is 0. The topological polar surface area (TPSA) is 160 Å². The van der Waals surface area contributed by atoms with Crippen molar-refractivity contribution in [2.75, 3.05) is 16.8 Å². The quantitative estimate of drug-likeness (QED) is 0.329. The molecule has 0 N–H and O–H groups in total. The lowest BCUT2D eigenvalue weighted by molar-refractivity contribution is -0.106. The zero-order valence-corrected chi connectivity index (χ0v) is 22.6. The van der Waals surface area contributed by atoms with Crippen molar-refractivity contribution in [1.29, 1.82) is 15.8 Å². The summed E-state index contributed by atoms with van der Waals surface area (Å²) in [6.45, 7) is 5.09. The largest absolute Gasteiger partial charge is 0.388 e. The first-order valence-electron chi connectivity index (χ1n) is 12.0. The molecule has 12 heteroatoms. The predicted octanol–water partition coefficient (Wildman–Crippen LogP) is 5.28. The first-order chi connectivity index (χ1) is 19.7. The predicted molar refractivity (Wildman–Crippen MR) is 146 cm³/mol. The molecule has 0 saturated heterocycles. The zero-order valence-electron chi connectivity index (χ0n) is 22.6. The van der Waals surface area contributed by atoms with Crippen molar-refractivity contribution in [2.24, 2.45) is 0 Å². The van der Waals surface area contributed by atoms with Gasteiger partial charge in [0.25, 0.3) is 18.8 Å². The summed E-state index contributed by atoms with van der Waals surface area (Å²) in [5.74, 6) is 0.420. The van der Waals surface area contributed by atoms with E-state index in [1.54, 1.807) is 63.8 Å². The van der Waals surface area contributed by atoms with E-state index >= 15 is 0 Å². The number of imide groups is 2. The monoisotopic (exact) mass is 552 g/mol. The second-order valence-electron chi connectivity index (χ2n) is 8.68. The van der Waals surface area contributed by atoms with Gasteiger partial charge >= 0.3 is 12.1 Å². The van der Waals surface area contributed by atoms with Gasteiger partial charge in [-0.1, -0.05) is 24.3 Å². The van der Waals surface area contributed by atoms with Gasteiger partial charge in [-0.2, -0.15) is 0 Å². The summed E-state index contributed by atoms with van der Waals surface area (Å²) in [7, 11) is 1.41. The second-order valence-corrected chi connectivity index (χ2v) is 8.68. The summed E-state index contributed by atoms with van der Waals surface area (Å²) in [6, 6.07) is 6.67. The summed E-state index contributed by atoms with van der Waals surface area (Å²) in [6.07, 6.45) is 10.3. The number of hydrogen-bond acceptors (Lipinski definition) is 9. The Balaban J connectivity index is 2.14. The number of amides is 5. The highest BCUT2D eigenvalue weighted by Gasteiger charge is 2.33. The maximum absolute atomic E-state index is 14.0. The second kappa shape index (κ2) is 13.1. The Morgan fingerprint density at radius 1 is 0.829 bits per heavy atom. The molecule has 0 saturated carbocycles. The molecule has 0 fully saturated rings. The average molecular weight is 553 g/mol. The van der Waals surface area contributed by atoms with Crippen molar-refractivity contribution in [2.45, 2.75) is 27.2 Å². The minimum Gasteiger partial charge on any atom is -0.388 e. The van der Waals surface area contributed by atoms with Gasteiger partial charge in [0.1, 0.15) is 17.3 Å². The van der Waals surface area contributed by atoms with Crippen molar-refractivity contribution in [3.63, 3.8) is 0 Å². The molecule has 41 heavy (non-hydrogen) atoms. The van der Waals surface area contributed by atoms with Crippen LogP contribution in [0.3, 0.4) is 0 Å². The third-order valence-electron chi connectivity index (χ3n) is 6.13. The van der Waals surface area contributed by atoms with Crippen LogP contribution in [0, 0.1) is 48.4 Å².